The monoisotopic (exact) mass is 251 g/mol. The van der Waals surface area contributed by atoms with Crippen LogP contribution in [0.25, 0.3) is 11.5 Å². The first-order valence-electron chi connectivity index (χ1n) is 4.63. The number of hydrogen-bond donors (Lipinski definition) is 1. The molecule has 5 nitrogen and oxygen atoms in total. The lowest BCUT2D eigenvalue weighted by atomic mass is 10.3. The zero-order valence-electron chi connectivity index (χ0n) is 8.22. The molecule has 0 fully saturated rings. The first kappa shape index (κ1) is 8.84. The molecule has 0 saturated carbocycles. The standard InChI is InChI=1S/C9H6N3O2PS/c1-16-4-2-3(11-9(10)12-4)5-6-7-8(14-5)15(6,7)13/h2H,1H3,(H2,10,11,12). The summed E-state index contributed by atoms with van der Waals surface area (Å²) in [5, 5.41) is 2.59. The number of aromatic nitrogens is 2. The molecule has 5 heterocycles. The van der Waals surface area contributed by atoms with Crippen LogP contribution in [-0.2, 0) is 4.57 Å². The van der Waals surface area contributed by atoms with Crippen LogP contribution in [0.15, 0.2) is 15.5 Å². The number of nitrogen functional groups attached to an aromatic ring is 1. The lowest BCUT2D eigenvalue weighted by Crippen LogP contribution is -2.00. The molecular formula is C9H6N3O2PS. The average molecular weight is 251 g/mol. The second kappa shape index (κ2) is 2.36. The molecule has 0 spiro atoms. The van der Waals surface area contributed by atoms with Crippen molar-refractivity contribution in [3.8, 4) is 11.5 Å². The maximum atomic E-state index is 11.8. The van der Waals surface area contributed by atoms with Crippen LogP contribution in [-0.4, -0.2) is 16.2 Å². The Morgan fingerprint density at radius 1 is 1.44 bits per heavy atom. The van der Waals surface area contributed by atoms with E-state index in [1.54, 1.807) is 6.07 Å². The first-order valence-corrected chi connectivity index (χ1v) is 7.57. The lowest BCUT2D eigenvalue weighted by Gasteiger charge is -2.00. The van der Waals surface area contributed by atoms with Gasteiger partial charge in [-0.3, -0.25) is 0 Å². The average Bonchev–Trinajstić information content (AvgIpc) is 2.91. The zero-order chi connectivity index (χ0) is 11.1. The molecule has 3 aliphatic rings. The summed E-state index contributed by atoms with van der Waals surface area (Å²) in [6.45, 7) is 0. The largest absolute Gasteiger partial charge is 0.449 e. The Bertz CT molecular complexity index is 700. The van der Waals surface area contributed by atoms with E-state index >= 15 is 0 Å². The van der Waals surface area contributed by atoms with Gasteiger partial charge in [0.25, 0.3) is 0 Å². The zero-order valence-corrected chi connectivity index (χ0v) is 9.93. The number of fused-ring (bicyclic) bond motifs is 1. The molecular weight excluding hydrogens is 245 g/mol. The van der Waals surface area contributed by atoms with Gasteiger partial charge in [-0.2, -0.15) is 0 Å². The van der Waals surface area contributed by atoms with Gasteiger partial charge in [0, 0.05) is 6.07 Å². The second-order valence-corrected chi connectivity index (χ2v) is 7.04. The topological polar surface area (TPSA) is 82.0 Å². The molecule has 0 radical (unpaired) electrons. The molecule has 2 N–H and O–H groups in total. The van der Waals surface area contributed by atoms with E-state index in [1.165, 1.54) is 11.8 Å². The maximum absolute atomic E-state index is 11.8. The van der Waals surface area contributed by atoms with Gasteiger partial charge in [0.15, 0.2) is 11.3 Å². The highest BCUT2D eigenvalue weighted by atomic mass is 32.2. The van der Waals surface area contributed by atoms with Crippen LogP contribution < -0.4 is 21.8 Å². The van der Waals surface area contributed by atoms with Crippen molar-refractivity contribution in [1.29, 1.82) is 0 Å². The first-order chi connectivity index (χ1) is 7.66. The number of rotatable bonds is 2. The van der Waals surface area contributed by atoms with E-state index < -0.39 is 7.14 Å². The predicted molar refractivity (Wildman–Crippen MR) is 62.4 cm³/mol. The maximum Gasteiger partial charge on any atom is 0.221 e. The van der Waals surface area contributed by atoms with Crippen LogP contribution in [0.5, 0.6) is 0 Å². The van der Waals surface area contributed by atoms with E-state index in [1.807, 2.05) is 6.26 Å². The molecule has 0 saturated heterocycles. The Kier molecular flexibility index (Phi) is 1.30. The van der Waals surface area contributed by atoms with E-state index in [-0.39, 0.29) is 5.95 Å². The summed E-state index contributed by atoms with van der Waals surface area (Å²) in [6.07, 6.45) is 1.91. The molecule has 7 heteroatoms. The summed E-state index contributed by atoms with van der Waals surface area (Å²) in [5.41, 5.74) is 6.92. The van der Waals surface area contributed by atoms with Crippen molar-refractivity contribution in [3.63, 3.8) is 0 Å². The highest BCUT2D eigenvalue weighted by molar-refractivity contribution is 8.06. The van der Waals surface area contributed by atoms with Gasteiger partial charge < -0.3 is 14.7 Å². The van der Waals surface area contributed by atoms with E-state index in [9.17, 15) is 4.57 Å². The Labute approximate surface area is 94.8 Å². The van der Waals surface area contributed by atoms with E-state index in [4.69, 9.17) is 10.2 Å². The van der Waals surface area contributed by atoms with Crippen molar-refractivity contribution in [1.82, 2.24) is 9.97 Å². The fourth-order valence-electron chi connectivity index (χ4n) is 1.94. The summed E-state index contributed by atoms with van der Waals surface area (Å²) in [7, 11) is -2.17. The summed E-state index contributed by atoms with van der Waals surface area (Å²) < 4.78 is 17.3. The molecule has 0 amide bonds. The van der Waals surface area contributed by atoms with E-state index in [2.05, 4.69) is 9.97 Å². The van der Waals surface area contributed by atoms with Gasteiger partial charge in [-0.05, 0) is 6.26 Å². The van der Waals surface area contributed by atoms with Gasteiger partial charge in [0.05, 0.1) is 10.6 Å². The Hall–Kier alpha value is -1.26. The van der Waals surface area contributed by atoms with Crippen molar-refractivity contribution >= 4 is 41.0 Å². The molecule has 80 valence electrons. The van der Waals surface area contributed by atoms with Gasteiger partial charge in [0.1, 0.15) is 10.7 Å². The van der Waals surface area contributed by atoms with Gasteiger partial charge in [-0.15, -0.1) is 11.8 Å². The quantitative estimate of drug-likeness (QED) is 0.313. The third kappa shape index (κ3) is 0.804. The summed E-state index contributed by atoms with van der Waals surface area (Å²) in [5.74, 6) is 0.837. The van der Waals surface area contributed by atoms with Crippen LogP contribution in [0.4, 0.5) is 5.95 Å². The molecule has 2 bridgehead atoms. The van der Waals surface area contributed by atoms with Crippen LogP contribution in [0.2, 0.25) is 0 Å². The molecule has 3 aliphatic heterocycles. The molecule has 2 aromatic rings. The molecule has 0 aliphatic carbocycles. The molecule has 16 heavy (non-hydrogen) atoms. The van der Waals surface area contributed by atoms with Crippen molar-refractivity contribution in [2.24, 2.45) is 0 Å². The van der Waals surface area contributed by atoms with Crippen molar-refractivity contribution < 1.29 is 8.98 Å². The van der Waals surface area contributed by atoms with Crippen LogP contribution in [0, 0.1) is 0 Å². The minimum absolute atomic E-state index is 0.214. The van der Waals surface area contributed by atoms with Crippen LogP contribution in [0.3, 0.4) is 0 Å². The van der Waals surface area contributed by atoms with Crippen LogP contribution >= 0.6 is 18.9 Å². The molecule has 2 aromatic heterocycles. The number of nitrogens with zero attached hydrogens (tertiary/aromatic N) is 2. The van der Waals surface area contributed by atoms with Gasteiger partial charge in [-0.1, -0.05) is 0 Å². The SMILES string of the molecule is CSc1cc(-c2oc3c4c2P34=O)nc(N)n1. The third-order valence-electron chi connectivity index (χ3n) is 2.82. The molecule has 0 aromatic carbocycles. The van der Waals surface area contributed by atoms with Crippen molar-refractivity contribution in [2.45, 2.75) is 5.03 Å². The normalized spacial score (nSPS) is 23.1. The highest BCUT2D eigenvalue weighted by Crippen LogP contribution is 2.70. The fourth-order valence-corrected chi connectivity index (χ4v) is 4.84. The minimum Gasteiger partial charge on any atom is -0.449 e. The molecule has 1 atom stereocenters. The molecule has 5 rings (SSSR count). The van der Waals surface area contributed by atoms with E-state index in [0.717, 1.165) is 15.6 Å². The minimum atomic E-state index is -2.17. The Balaban J connectivity index is 1.90. The number of nitrogens with two attached hydrogens (primary N) is 1. The van der Waals surface area contributed by atoms with Crippen molar-refractivity contribution in [3.05, 3.63) is 6.07 Å². The third-order valence-corrected chi connectivity index (χ3v) is 6.00. The Morgan fingerprint density at radius 2 is 2.19 bits per heavy atom. The fraction of sp³-hybridized carbons (Fsp3) is 0.111. The number of hydrogen-bond acceptors (Lipinski definition) is 6. The second-order valence-electron chi connectivity index (χ2n) is 3.70. The van der Waals surface area contributed by atoms with Gasteiger partial charge in [-0.25, -0.2) is 9.97 Å². The molecule has 1 unspecified atom stereocenters. The number of furan rings is 1. The summed E-state index contributed by atoms with van der Waals surface area (Å²) in [4.78, 5) is 8.16. The highest BCUT2D eigenvalue weighted by Gasteiger charge is 2.74. The van der Waals surface area contributed by atoms with E-state index in [0.29, 0.717) is 17.0 Å². The van der Waals surface area contributed by atoms with Gasteiger partial charge >= 0.3 is 0 Å². The van der Waals surface area contributed by atoms with Gasteiger partial charge in [0.2, 0.25) is 13.1 Å². The van der Waals surface area contributed by atoms with Crippen molar-refractivity contribution in [2.75, 3.05) is 12.0 Å². The Morgan fingerprint density at radius 3 is 2.75 bits per heavy atom. The smallest absolute Gasteiger partial charge is 0.221 e. The number of thioether (sulfide) groups is 1. The summed E-state index contributed by atoms with van der Waals surface area (Å²) >= 11 is 1.48. The summed E-state index contributed by atoms with van der Waals surface area (Å²) in [6, 6.07) is 1.80. The lowest BCUT2D eigenvalue weighted by molar-refractivity contribution is 0.590. The van der Waals surface area contributed by atoms with Crippen LogP contribution in [0.1, 0.15) is 0 Å². The number of anilines is 1. The predicted octanol–water partition coefficient (Wildman–Crippen LogP) is 0.307.